The van der Waals surface area contributed by atoms with Gasteiger partial charge in [-0.1, -0.05) is 18.2 Å². The molecule has 6 heteroatoms. The van der Waals surface area contributed by atoms with Crippen molar-refractivity contribution in [3.8, 4) is 11.1 Å². The molecule has 5 nitrogen and oxygen atoms in total. The molecule has 2 aromatic carbocycles. The molecule has 2 amide bonds. The fourth-order valence-corrected chi connectivity index (χ4v) is 4.16. The van der Waals surface area contributed by atoms with Crippen LogP contribution in [0.2, 0.25) is 0 Å². The number of nitrogens with one attached hydrogen (secondary N) is 1. The van der Waals surface area contributed by atoms with Gasteiger partial charge in [0, 0.05) is 25.2 Å². The van der Waals surface area contributed by atoms with Crippen LogP contribution in [-0.4, -0.2) is 31.4 Å². The van der Waals surface area contributed by atoms with Crippen molar-refractivity contribution in [3.63, 3.8) is 0 Å². The molecule has 0 saturated carbocycles. The number of hydrogen-bond donors (Lipinski definition) is 2. The lowest BCUT2D eigenvalue weighted by atomic mass is 9.77. The zero-order chi connectivity index (χ0) is 19.0. The van der Waals surface area contributed by atoms with Gasteiger partial charge < -0.3 is 16.0 Å². The molecule has 0 radical (unpaired) electrons. The Morgan fingerprint density at radius 2 is 1.81 bits per heavy atom. The van der Waals surface area contributed by atoms with E-state index in [-0.39, 0.29) is 17.1 Å². The average Bonchev–Trinajstić information content (AvgIpc) is 3.03. The number of carbonyl (C=O) groups excluding carboxylic acids is 2. The number of primary amides is 1. The van der Waals surface area contributed by atoms with Crippen LogP contribution >= 0.6 is 0 Å². The molecule has 0 atom stereocenters. The first-order valence-corrected chi connectivity index (χ1v) is 9.22. The summed E-state index contributed by atoms with van der Waals surface area (Å²) in [5.74, 6) is -0.633. The molecule has 0 aromatic heterocycles. The molecule has 2 aromatic rings. The highest BCUT2D eigenvalue weighted by Gasteiger charge is 2.44. The molecule has 0 aliphatic carbocycles. The standard InChI is InChI=1S/C21H22FN3O2/c22-17-5-4-15(14-2-1-3-16(12-14)19(23)26)13-18(17)25-10-7-21(8-11-25)6-9-24-20(21)27/h1-5,12-13H,6-11H2,(H2,23,26)(H,24,27). The fraction of sp³-hybridized carbons (Fsp3) is 0.333. The van der Waals surface area contributed by atoms with Crippen LogP contribution in [0.4, 0.5) is 10.1 Å². The van der Waals surface area contributed by atoms with Crippen LogP contribution in [0.15, 0.2) is 42.5 Å². The fourth-order valence-electron chi connectivity index (χ4n) is 4.16. The van der Waals surface area contributed by atoms with E-state index in [0.717, 1.165) is 36.9 Å². The number of nitrogens with zero attached hydrogens (tertiary/aromatic N) is 1. The Kier molecular flexibility index (Phi) is 4.34. The lowest BCUT2D eigenvalue weighted by Gasteiger charge is -2.38. The molecule has 2 fully saturated rings. The van der Waals surface area contributed by atoms with Gasteiger partial charge >= 0.3 is 0 Å². The minimum Gasteiger partial charge on any atom is -0.369 e. The van der Waals surface area contributed by atoms with Crippen LogP contribution in [0.1, 0.15) is 29.6 Å². The van der Waals surface area contributed by atoms with Crippen LogP contribution < -0.4 is 16.0 Å². The number of nitrogens with two attached hydrogens (primary N) is 1. The van der Waals surface area contributed by atoms with Crippen molar-refractivity contribution in [2.75, 3.05) is 24.5 Å². The van der Waals surface area contributed by atoms with Gasteiger partial charge in [-0.15, -0.1) is 0 Å². The Morgan fingerprint density at radius 1 is 1.07 bits per heavy atom. The number of anilines is 1. The Bertz CT molecular complexity index is 904. The lowest BCUT2D eigenvalue weighted by molar-refractivity contribution is -0.128. The highest BCUT2D eigenvalue weighted by Crippen LogP contribution is 2.40. The minimum absolute atomic E-state index is 0.139. The van der Waals surface area contributed by atoms with Gasteiger partial charge in [-0.05, 0) is 54.7 Å². The van der Waals surface area contributed by atoms with Crippen molar-refractivity contribution in [3.05, 3.63) is 53.8 Å². The summed E-state index contributed by atoms with van der Waals surface area (Å²) in [6, 6.07) is 12.0. The monoisotopic (exact) mass is 367 g/mol. The van der Waals surface area contributed by atoms with E-state index in [1.54, 1.807) is 24.3 Å². The second-order valence-corrected chi connectivity index (χ2v) is 7.38. The molecule has 140 valence electrons. The highest BCUT2D eigenvalue weighted by molar-refractivity contribution is 5.94. The lowest BCUT2D eigenvalue weighted by Crippen LogP contribution is -2.44. The predicted octanol–water partition coefficient (Wildman–Crippen LogP) is 2.70. The minimum atomic E-state index is -0.490. The maximum Gasteiger partial charge on any atom is 0.248 e. The van der Waals surface area contributed by atoms with E-state index in [4.69, 9.17) is 5.73 Å². The summed E-state index contributed by atoms with van der Waals surface area (Å²) in [5, 5.41) is 2.92. The normalized spacial score (nSPS) is 18.6. The molecule has 3 N–H and O–H groups in total. The van der Waals surface area contributed by atoms with Crippen molar-refractivity contribution in [1.82, 2.24) is 5.32 Å². The summed E-state index contributed by atoms with van der Waals surface area (Å²) < 4.78 is 14.5. The second kappa shape index (κ2) is 6.68. The predicted molar refractivity (Wildman–Crippen MR) is 102 cm³/mol. The summed E-state index contributed by atoms with van der Waals surface area (Å²) in [7, 11) is 0. The first-order valence-electron chi connectivity index (χ1n) is 9.22. The van der Waals surface area contributed by atoms with E-state index in [9.17, 15) is 14.0 Å². The molecule has 2 aliphatic rings. The van der Waals surface area contributed by atoms with Crippen molar-refractivity contribution in [2.24, 2.45) is 11.1 Å². The van der Waals surface area contributed by atoms with Crippen molar-refractivity contribution >= 4 is 17.5 Å². The number of carbonyl (C=O) groups is 2. The van der Waals surface area contributed by atoms with Crippen LogP contribution in [0.3, 0.4) is 0 Å². The Hall–Kier alpha value is -2.89. The molecular formula is C21H22FN3O2. The number of halogens is 1. The first-order chi connectivity index (χ1) is 13.0. The van der Waals surface area contributed by atoms with Crippen molar-refractivity contribution in [2.45, 2.75) is 19.3 Å². The number of hydrogen-bond acceptors (Lipinski definition) is 3. The zero-order valence-electron chi connectivity index (χ0n) is 15.0. The molecule has 2 heterocycles. The smallest absolute Gasteiger partial charge is 0.248 e. The van der Waals surface area contributed by atoms with Crippen molar-refractivity contribution in [1.29, 1.82) is 0 Å². The van der Waals surface area contributed by atoms with E-state index in [0.29, 0.717) is 24.3 Å². The van der Waals surface area contributed by atoms with Gasteiger partial charge in [0.15, 0.2) is 0 Å². The molecule has 2 aliphatic heterocycles. The molecule has 2 saturated heterocycles. The Balaban J connectivity index is 1.59. The van der Waals surface area contributed by atoms with Gasteiger partial charge in [0.25, 0.3) is 0 Å². The SMILES string of the molecule is NC(=O)c1cccc(-c2ccc(F)c(N3CCC4(CCNC4=O)CC3)c2)c1. The van der Waals surface area contributed by atoms with E-state index in [1.807, 2.05) is 17.0 Å². The van der Waals surface area contributed by atoms with E-state index in [2.05, 4.69) is 5.32 Å². The van der Waals surface area contributed by atoms with Crippen LogP contribution in [0, 0.1) is 11.2 Å². The highest BCUT2D eigenvalue weighted by atomic mass is 19.1. The van der Waals surface area contributed by atoms with Gasteiger partial charge in [0.05, 0.1) is 11.1 Å². The van der Waals surface area contributed by atoms with Gasteiger partial charge in [-0.3, -0.25) is 9.59 Å². The third kappa shape index (κ3) is 3.16. The molecule has 4 rings (SSSR count). The third-order valence-electron chi connectivity index (χ3n) is 5.86. The van der Waals surface area contributed by atoms with Gasteiger partial charge in [0.2, 0.25) is 11.8 Å². The van der Waals surface area contributed by atoms with Crippen molar-refractivity contribution < 1.29 is 14.0 Å². The topological polar surface area (TPSA) is 75.4 Å². The first kappa shape index (κ1) is 17.5. The maximum absolute atomic E-state index is 14.5. The number of piperidine rings is 1. The van der Waals surface area contributed by atoms with E-state index >= 15 is 0 Å². The molecular weight excluding hydrogens is 345 g/mol. The van der Waals surface area contributed by atoms with Gasteiger partial charge in [0.1, 0.15) is 5.82 Å². The van der Waals surface area contributed by atoms with Crippen LogP contribution in [0.5, 0.6) is 0 Å². The quantitative estimate of drug-likeness (QED) is 0.876. The summed E-state index contributed by atoms with van der Waals surface area (Å²) in [6.07, 6.45) is 2.33. The summed E-state index contributed by atoms with van der Waals surface area (Å²) >= 11 is 0. The second-order valence-electron chi connectivity index (χ2n) is 7.38. The number of amides is 2. The van der Waals surface area contributed by atoms with E-state index in [1.165, 1.54) is 6.07 Å². The van der Waals surface area contributed by atoms with Gasteiger partial charge in [-0.25, -0.2) is 4.39 Å². The van der Waals surface area contributed by atoms with Crippen LogP contribution in [0.25, 0.3) is 11.1 Å². The van der Waals surface area contributed by atoms with Crippen LogP contribution in [-0.2, 0) is 4.79 Å². The molecule has 1 spiro atoms. The maximum atomic E-state index is 14.5. The summed E-state index contributed by atoms with van der Waals surface area (Å²) in [6.45, 7) is 2.03. The molecule has 0 bridgehead atoms. The number of benzene rings is 2. The Morgan fingerprint density at radius 3 is 2.48 bits per heavy atom. The summed E-state index contributed by atoms with van der Waals surface area (Å²) in [4.78, 5) is 25.6. The summed E-state index contributed by atoms with van der Waals surface area (Å²) in [5.41, 5.74) is 7.68. The zero-order valence-corrected chi connectivity index (χ0v) is 15.0. The largest absolute Gasteiger partial charge is 0.369 e. The van der Waals surface area contributed by atoms with Gasteiger partial charge in [-0.2, -0.15) is 0 Å². The average molecular weight is 367 g/mol. The number of rotatable bonds is 3. The Labute approximate surface area is 157 Å². The molecule has 0 unspecified atom stereocenters. The third-order valence-corrected chi connectivity index (χ3v) is 5.86. The molecule has 27 heavy (non-hydrogen) atoms. The van der Waals surface area contributed by atoms with E-state index < -0.39 is 5.91 Å².